The van der Waals surface area contributed by atoms with Crippen LogP contribution in [0.1, 0.15) is 32.1 Å². The number of alkyl halides is 1. The summed E-state index contributed by atoms with van der Waals surface area (Å²) in [6.45, 7) is 0. The van der Waals surface area contributed by atoms with E-state index in [2.05, 4.69) is 0 Å². The summed E-state index contributed by atoms with van der Waals surface area (Å²) in [6, 6.07) is 0. The van der Waals surface area contributed by atoms with E-state index >= 15 is 0 Å². The first-order valence-corrected chi connectivity index (χ1v) is 5.49. The molecule has 4 rings (SSSR count). The van der Waals surface area contributed by atoms with Crippen LogP contribution >= 0.6 is 0 Å². The summed E-state index contributed by atoms with van der Waals surface area (Å²) in [7, 11) is 0. The van der Waals surface area contributed by atoms with Gasteiger partial charge in [0.1, 0.15) is 6.17 Å². The molecule has 0 aromatic carbocycles. The SMILES string of the molecule is O=C(O)C12C[C@@H]3CC(C[C@H](C3)C1)[C@H]2F. The van der Waals surface area contributed by atoms with Crippen molar-refractivity contribution in [1.29, 1.82) is 0 Å². The molecule has 4 aliphatic rings. The molecular formula is C11H15FO2. The molecular weight excluding hydrogens is 183 g/mol. The van der Waals surface area contributed by atoms with Gasteiger partial charge < -0.3 is 5.11 Å². The lowest BCUT2D eigenvalue weighted by molar-refractivity contribution is -0.179. The molecule has 0 radical (unpaired) electrons. The van der Waals surface area contributed by atoms with Crippen molar-refractivity contribution in [3.8, 4) is 0 Å². The van der Waals surface area contributed by atoms with Gasteiger partial charge in [0.15, 0.2) is 0 Å². The molecule has 0 saturated heterocycles. The van der Waals surface area contributed by atoms with Crippen LogP contribution in [0.3, 0.4) is 0 Å². The molecule has 4 aliphatic carbocycles. The van der Waals surface area contributed by atoms with Gasteiger partial charge in [-0.3, -0.25) is 4.79 Å². The topological polar surface area (TPSA) is 37.3 Å². The van der Waals surface area contributed by atoms with Crippen molar-refractivity contribution < 1.29 is 14.3 Å². The first-order chi connectivity index (χ1) is 6.62. The third-order valence-electron chi connectivity index (χ3n) is 4.61. The lowest BCUT2D eigenvalue weighted by atomic mass is 9.48. The van der Waals surface area contributed by atoms with Gasteiger partial charge >= 0.3 is 5.97 Å². The van der Waals surface area contributed by atoms with E-state index in [0.717, 1.165) is 19.3 Å². The Morgan fingerprint density at radius 3 is 2.29 bits per heavy atom. The van der Waals surface area contributed by atoms with Gasteiger partial charge in [0, 0.05) is 0 Å². The van der Waals surface area contributed by atoms with Gasteiger partial charge in [-0.15, -0.1) is 0 Å². The maximum absolute atomic E-state index is 14.0. The lowest BCUT2D eigenvalue weighted by Gasteiger charge is -2.56. The van der Waals surface area contributed by atoms with Crippen molar-refractivity contribution in [2.24, 2.45) is 23.2 Å². The van der Waals surface area contributed by atoms with Crippen molar-refractivity contribution in [2.75, 3.05) is 0 Å². The number of carbonyl (C=O) groups is 1. The molecule has 3 heteroatoms. The Labute approximate surface area is 82.5 Å². The summed E-state index contributed by atoms with van der Waals surface area (Å²) >= 11 is 0. The van der Waals surface area contributed by atoms with Crippen molar-refractivity contribution in [1.82, 2.24) is 0 Å². The number of hydrogen-bond acceptors (Lipinski definition) is 1. The molecule has 4 saturated carbocycles. The molecule has 0 aromatic heterocycles. The minimum Gasteiger partial charge on any atom is -0.481 e. The number of carboxylic acids is 1. The van der Waals surface area contributed by atoms with Gasteiger partial charge in [0.05, 0.1) is 5.41 Å². The molecule has 4 bridgehead atoms. The van der Waals surface area contributed by atoms with Crippen LogP contribution in [0.4, 0.5) is 4.39 Å². The van der Waals surface area contributed by atoms with E-state index in [-0.39, 0.29) is 5.92 Å². The molecule has 0 aliphatic heterocycles. The highest BCUT2D eigenvalue weighted by Crippen LogP contribution is 2.61. The van der Waals surface area contributed by atoms with Gasteiger partial charge in [0.25, 0.3) is 0 Å². The number of hydrogen-bond donors (Lipinski definition) is 1. The molecule has 4 fully saturated rings. The van der Waals surface area contributed by atoms with Crippen LogP contribution in [0.2, 0.25) is 0 Å². The highest BCUT2D eigenvalue weighted by atomic mass is 19.1. The van der Waals surface area contributed by atoms with E-state index in [1.165, 1.54) is 0 Å². The number of halogens is 1. The zero-order chi connectivity index (χ0) is 9.92. The molecule has 0 amide bonds. The predicted octanol–water partition coefficient (Wildman–Crippen LogP) is 2.24. The van der Waals surface area contributed by atoms with Crippen molar-refractivity contribution in [3.63, 3.8) is 0 Å². The van der Waals surface area contributed by atoms with Gasteiger partial charge in [-0.05, 0) is 49.9 Å². The maximum Gasteiger partial charge on any atom is 0.312 e. The quantitative estimate of drug-likeness (QED) is 0.701. The zero-order valence-electron chi connectivity index (χ0n) is 8.08. The van der Waals surface area contributed by atoms with E-state index in [1.807, 2.05) is 0 Å². The van der Waals surface area contributed by atoms with E-state index < -0.39 is 17.6 Å². The largest absolute Gasteiger partial charge is 0.481 e. The second kappa shape index (κ2) is 2.50. The van der Waals surface area contributed by atoms with Crippen LogP contribution in [0, 0.1) is 23.2 Å². The molecule has 0 heterocycles. The fraction of sp³-hybridized carbons (Fsp3) is 0.909. The predicted molar refractivity (Wildman–Crippen MR) is 48.5 cm³/mol. The van der Waals surface area contributed by atoms with Crippen LogP contribution in [0.25, 0.3) is 0 Å². The van der Waals surface area contributed by atoms with Gasteiger partial charge in [-0.1, -0.05) is 0 Å². The first-order valence-electron chi connectivity index (χ1n) is 5.49. The maximum atomic E-state index is 14.0. The standard InChI is InChI=1S/C11H15FO2/c12-9-8-2-6-1-7(3-8)5-11(9,4-6)10(13)14/h6-9H,1-5H2,(H,13,14)/t6-,7-,8?,9+,11?/m0/s1. The minimum absolute atomic E-state index is 0.0531. The average Bonchev–Trinajstić information content (AvgIpc) is 2.12. The first kappa shape index (κ1) is 8.69. The average molecular weight is 198 g/mol. The number of rotatable bonds is 1. The molecule has 3 atom stereocenters. The Kier molecular flexibility index (Phi) is 1.55. The fourth-order valence-corrected chi connectivity index (χ4v) is 4.27. The second-order valence-electron chi connectivity index (χ2n) is 5.47. The Morgan fingerprint density at radius 2 is 1.79 bits per heavy atom. The van der Waals surface area contributed by atoms with E-state index in [4.69, 9.17) is 0 Å². The molecule has 78 valence electrons. The van der Waals surface area contributed by atoms with Crippen LogP contribution in [-0.2, 0) is 4.79 Å². The highest BCUT2D eigenvalue weighted by Gasteiger charge is 2.61. The van der Waals surface area contributed by atoms with E-state index in [9.17, 15) is 14.3 Å². The van der Waals surface area contributed by atoms with Gasteiger partial charge in [-0.2, -0.15) is 0 Å². The smallest absolute Gasteiger partial charge is 0.312 e. The monoisotopic (exact) mass is 198 g/mol. The Balaban J connectivity index is 2.01. The van der Waals surface area contributed by atoms with E-state index in [1.54, 1.807) is 0 Å². The van der Waals surface area contributed by atoms with Crippen LogP contribution < -0.4 is 0 Å². The Hall–Kier alpha value is -0.600. The van der Waals surface area contributed by atoms with Crippen LogP contribution in [0.15, 0.2) is 0 Å². The molecule has 14 heavy (non-hydrogen) atoms. The summed E-state index contributed by atoms with van der Waals surface area (Å²) in [6.07, 6.45) is 3.14. The van der Waals surface area contributed by atoms with Gasteiger partial charge in [-0.25, -0.2) is 4.39 Å². The third kappa shape index (κ3) is 0.882. The molecule has 0 aromatic rings. The fourth-order valence-electron chi connectivity index (χ4n) is 4.27. The minimum atomic E-state index is -1.08. The summed E-state index contributed by atoms with van der Waals surface area (Å²) in [5, 5.41) is 9.21. The Morgan fingerprint density at radius 1 is 1.21 bits per heavy atom. The van der Waals surface area contributed by atoms with Crippen molar-refractivity contribution in [3.05, 3.63) is 0 Å². The normalized spacial score (nSPS) is 54.9. The number of carboxylic acid groups (broad SMARTS) is 1. The van der Waals surface area contributed by atoms with E-state index in [0.29, 0.717) is 24.7 Å². The molecule has 2 nitrogen and oxygen atoms in total. The van der Waals surface area contributed by atoms with Crippen LogP contribution in [-0.4, -0.2) is 17.2 Å². The van der Waals surface area contributed by atoms with Crippen molar-refractivity contribution >= 4 is 5.97 Å². The zero-order valence-corrected chi connectivity index (χ0v) is 8.08. The van der Waals surface area contributed by atoms with Crippen molar-refractivity contribution in [2.45, 2.75) is 38.3 Å². The number of aliphatic carboxylic acids is 1. The summed E-state index contributed by atoms with van der Waals surface area (Å²) in [5.74, 6) is 0.160. The lowest BCUT2D eigenvalue weighted by Crippen LogP contribution is -2.57. The second-order valence-corrected chi connectivity index (χ2v) is 5.47. The molecule has 0 spiro atoms. The van der Waals surface area contributed by atoms with Gasteiger partial charge in [0.2, 0.25) is 0 Å². The highest BCUT2D eigenvalue weighted by molar-refractivity contribution is 5.76. The van der Waals surface area contributed by atoms with Crippen LogP contribution in [0.5, 0.6) is 0 Å². The Bertz CT molecular complexity index is 275. The molecule has 0 unspecified atom stereocenters. The molecule has 1 N–H and O–H groups in total. The summed E-state index contributed by atoms with van der Waals surface area (Å²) < 4.78 is 14.0. The summed E-state index contributed by atoms with van der Waals surface area (Å²) in [4.78, 5) is 11.2. The summed E-state index contributed by atoms with van der Waals surface area (Å²) in [5.41, 5.74) is -0.991. The third-order valence-corrected chi connectivity index (χ3v) is 4.61.